The summed E-state index contributed by atoms with van der Waals surface area (Å²) in [6.45, 7) is 3.80. The summed E-state index contributed by atoms with van der Waals surface area (Å²) in [6, 6.07) is 8.53. The van der Waals surface area contributed by atoms with Crippen LogP contribution in [-0.2, 0) is 18.3 Å². The Morgan fingerprint density at radius 1 is 1.06 bits per heavy atom. The molecule has 0 fully saturated rings. The molecule has 5 rings (SSSR count). The highest BCUT2D eigenvalue weighted by Crippen LogP contribution is 2.47. The molecule has 2 aromatic heterocycles. The van der Waals surface area contributed by atoms with Crippen LogP contribution in [0.15, 0.2) is 42.7 Å². The van der Waals surface area contributed by atoms with Crippen LogP contribution in [0.4, 0.5) is 13.2 Å². The van der Waals surface area contributed by atoms with E-state index in [-0.39, 0.29) is 5.69 Å². The highest BCUT2D eigenvalue weighted by atomic mass is 35.5. The predicted molar refractivity (Wildman–Crippen MR) is 124 cm³/mol. The topological polar surface area (TPSA) is 71.0 Å². The molecule has 5 nitrogen and oxygen atoms in total. The van der Waals surface area contributed by atoms with Crippen LogP contribution in [0.5, 0.6) is 5.75 Å². The number of nitrogens with zero attached hydrogens (tertiary/aromatic N) is 2. The molecule has 178 valence electrons. The van der Waals surface area contributed by atoms with Gasteiger partial charge in [-0.2, -0.15) is 13.2 Å². The highest BCUT2D eigenvalue weighted by Gasteiger charge is 2.56. The molecule has 1 atom stereocenters. The van der Waals surface area contributed by atoms with E-state index in [1.807, 2.05) is 0 Å². The third kappa shape index (κ3) is 3.99. The first kappa shape index (κ1) is 22.9. The van der Waals surface area contributed by atoms with Crippen LogP contribution in [-0.4, -0.2) is 38.4 Å². The predicted octanol–water partition coefficient (Wildman–Crippen LogP) is 5.90. The van der Waals surface area contributed by atoms with E-state index >= 15 is 0 Å². The molecule has 0 saturated carbocycles. The van der Waals surface area contributed by atoms with Gasteiger partial charge in [0.1, 0.15) is 5.75 Å². The van der Waals surface area contributed by atoms with Crippen molar-refractivity contribution in [2.75, 3.05) is 6.61 Å². The van der Waals surface area contributed by atoms with E-state index in [4.69, 9.17) is 16.3 Å². The molecule has 1 aliphatic rings. The number of aliphatic hydroxyl groups is 1. The lowest BCUT2D eigenvalue weighted by molar-refractivity contribution is -0.266. The van der Waals surface area contributed by atoms with Crippen molar-refractivity contribution in [1.29, 1.82) is 0 Å². The van der Waals surface area contributed by atoms with Gasteiger partial charge in [0.2, 0.25) is 0 Å². The molecule has 3 heterocycles. The summed E-state index contributed by atoms with van der Waals surface area (Å²) in [5, 5.41) is 12.2. The van der Waals surface area contributed by atoms with Gasteiger partial charge in [0.15, 0.2) is 5.60 Å². The lowest BCUT2D eigenvalue weighted by Crippen LogP contribution is -2.51. The lowest BCUT2D eigenvalue weighted by atomic mass is 9.73. The number of hydrogen-bond acceptors (Lipinski definition) is 4. The van der Waals surface area contributed by atoms with E-state index in [9.17, 15) is 18.3 Å². The molecule has 0 aliphatic carbocycles. The number of alkyl halides is 3. The van der Waals surface area contributed by atoms with Gasteiger partial charge in [0.05, 0.1) is 17.6 Å². The summed E-state index contributed by atoms with van der Waals surface area (Å²) >= 11 is 6.26. The zero-order valence-electron chi connectivity index (χ0n) is 18.6. The first-order valence-corrected chi connectivity index (χ1v) is 11.3. The van der Waals surface area contributed by atoms with Crippen molar-refractivity contribution < 1.29 is 23.0 Å². The van der Waals surface area contributed by atoms with Gasteiger partial charge >= 0.3 is 6.18 Å². The van der Waals surface area contributed by atoms with Gasteiger partial charge in [-0.25, -0.2) is 0 Å². The van der Waals surface area contributed by atoms with Crippen LogP contribution < -0.4 is 4.74 Å². The first-order valence-electron chi connectivity index (χ1n) is 10.9. The number of halogens is 4. The second kappa shape index (κ2) is 7.85. The number of nitrogens with one attached hydrogen (secondary N) is 1. The van der Waals surface area contributed by atoms with E-state index in [0.717, 1.165) is 5.56 Å². The second-order valence-corrected chi connectivity index (χ2v) is 10.0. The zero-order valence-corrected chi connectivity index (χ0v) is 19.4. The molecule has 0 amide bonds. The van der Waals surface area contributed by atoms with E-state index in [0.29, 0.717) is 51.3 Å². The van der Waals surface area contributed by atoms with Crippen LogP contribution in [0, 0.1) is 0 Å². The van der Waals surface area contributed by atoms with Gasteiger partial charge in [-0.05, 0) is 47.7 Å². The van der Waals surface area contributed by atoms with E-state index < -0.39 is 30.0 Å². The van der Waals surface area contributed by atoms with Crippen LogP contribution in [0.3, 0.4) is 0 Å². The Kier molecular flexibility index (Phi) is 5.29. The van der Waals surface area contributed by atoms with Crippen molar-refractivity contribution >= 4 is 33.5 Å². The molecule has 4 aromatic rings. The number of aromatic nitrogens is 3. The maximum Gasteiger partial charge on any atom is 0.417 e. The van der Waals surface area contributed by atoms with Gasteiger partial charge in [0, 0.05) is 52.4 Å². The van der Waals surface area contributed by atoms with Crippen molar-refractivity contribution in [3.63, 3.8) is 0 Å². The van der Waals surface area contributed by atoms with Crippen molar-refractivity contribution in [3.8, 4) is 5.75 Å². The molecule has 0 saturated heterocycles. The van der Waals surface area contributed by atoms with Gasteiger partial charge in [-0.3, -0.25) is 9.97 Å². The average Bonchev–Trinajstić information content (AvgIpc) is 3.35. The zero-order chi connectivity index (χ0) is 24.3. The van der Waals surface area contributed by atoms with Gasteiger partial charge in [-0.1, -0.05) is 25.4 Å². The van der Waals surface area contributed by atoms with E-state index in [2.05, 4.69) is 15.0 Å². The van der Waals surface area contributed by atoms with Crippen LogP contribution in [0.1, 0.15) is 37.1 Å². The minimum atomic E-state index is -4.86. The number of aromatic amines is 1. The Labute approximate surface area is 198 Å². The average molecular weight is 490 g/mol. The molecular weight excluding hydrogens is 467 g/mol. The molecule has 1 unspecified atom stereocenters. The highest BCUT2D eigenvalue weighted by molar-refractivity contribution is 6.30. The Morgan fingerprint density at radius 3 is 2.47 bits per heavy atom. The summed E-state index contributed by atoms with van der Waals surface area (Å²) in [6.07, 6.45) is -2.30. The number of rotatable bonds is 5. The Balaban J connectivity index is 1.52. The Bertz CT molecular complexity index is 1350. The fraction of sp³-hybridized carbons (Fsp3) is 0.360. The van der Waals surface area contributed by atoms with Crippen molar-refractivity contribution in [2.45, 2.75) is 50.3 Å². The van der Waals surface area contributed by atoms with Gasteiger partial charge in [-0.15, -0.1) is 0 Å². The minimum Gasteiger partial charge on any atom is -0.493 e. The third-order valence-electron chi connectivity index (χ3n) is 6.49. The van der Waals surface area contributed by atoms with Crippen LogP contribution in [0.2, 0.25) is 5.02 Å². The second-order valence-electron chi connectivity index (χ2n) is 9.59. The third-order valence-corrected chi connectivity index (χ3v) is 6.71. The molecule has 0 bridgehead atoms. The number of benzene rings is 2. The molecular formula is C25H23ClF3N3O2. The fourth-order valence-corrected chi connectivity index (χ4v) is 5.16. The number of hydrogen-bond donors (Lipinski definition) is 2. The standard InChI is InChI=1S/C25H23ClF3N3O2/c1-23(2,18-10-16(26)7-14-3-6-34-22(14)18)13-24(33,25(27,28)29)12-17-8-15-9-20-21(11-19(15)32-17)31-5-4-30-20/h4-5,7-11,32-33H,3,6,12-13H2,1-2H3. The summed E-state index contributed by atoms with van der Waals surface area (Å²) in [7, 11) is 0. The van der Waals surface area contributed by atoms with Crippen LogP contribution >= 0.6 is 11.6 Å². The molecule has 0 spiro atoms. The summed E-state index contributed by atoms with van der Waals surface area (Å²) in [5.74, 6) is 0.566. The monoisotopic (exact) mass is 489 g/mol. The van der Waals surface area contributed by atoms with E-state index in [1.54, 1.807) is 56.6 Å². The maximum absolute atomic E-state index is 14.3. The lowest BCUT2D eigenvalue weighted by Gasteiger charge is -2.38. The summed E-state index contributed by atoms with van der Waals surface area (Å²) in [4.78, 5) is 11.5. The SMILES string of the molecule is CC(C)(CC(O)(Cc1cc2cc3nccnc3cc2[nH]1)C(F)(F)F)c1cc(Cl)cc2c1OCC2. The van der Waals surface area contributed by atoms with Gasteiger partial charge in [0.25, 0.3) is 0 Å². The smallest absolute Gasteiger partial charge is 0.417 e. The molecule has 0 radical (unpaired) electrons. The summed E-state index contributed by atoms with van der Waals surface area (Å²) in [5.41, 5.74) is -0.445. The van der Waals surface area contributed by atoms with Crippen molar-refractivity contribution in [3.05, 3.63) is 64.6 Å². The molecule has 34 heavy (non-hydrogen) atoms. The molecule has 2 N–H and O–H groups in total. The number of fused-ring (bicyclic) bond motifs is 3. The Hall–Kier alpha value is -2.84. The number of ether oxygens (including phenoxy) is 1. The largest absolute Gasteiger partial charge is 0.493 e. The molecule has 2 aromatic carbocycles. The van der Waals surface area contributed by atoms with Crippen molar-refractivity contribution in [2.24, 2.45) is 0 Å². The fourth-order valence-electron chi connectivity index (χ4n) is 4.92. The van der Waals surface area contributed by atoms with Gasteiger partial charge < -0.3 is 14.8 Å². The maximum atomic E-state index is 14.3. The van der Waals surface area contributed by atoms with Crippen molar-refractivity contribution in [1.82, 2.24) is 15.0 Å². The molecule has 9 heteroatoms. The quantitative estimate of drug-likeness (QED) is 0.366. The minimum absolute atomic E-state index is 0.272. The van der Waals surface area contributed by atoms with Crippen LogP contribution in [0.25, 0.3) is 21.9 Å². The molecule has 1 aliphatic heterocycles. The normalized spacial score (nSPS) is 16.0. The summed E-state index contributed by atoms with van der Waals surface area (Å²) < 4.78 is 48.7. The number of H-pyrrole nitrogens is 1. The first-order chi connectivity index (χ1) is 16.0. The van der Waals surface area contributed by atoms with E-state index in [1.165, 1.54) is 0 Å². The Morgan fingerprint density at radius 2 is 1.76 bits per heavy atom.